The zero-order valence-corrected chi connectivity index (χ0v) is 18.9. The van der Waals surface area contributed by atoms with Crippen LogP contribution in [-0.4, -0.2) is 34.9 Å². The molecule has 3 aromatic rings. The van der Waals surface area contributed by atoms with Crippen LogP contribution in [0.15, 0.2) is 72.9 Å². The van der Waals surface area contributed by atoms with Gasteiger partial charge in [0.25, 0.3) is 0 Å². The fourth-order valence-electron chi connectivity index (χ4n) is 5.06. The molecule has 0 radical (unpaired) electrons. The number of anilines is 2. The molecule has 0 bridgehead atoms. The number of carbonyl (C=O) groups is 2. The summed E-state index contributed by atoms with van der Waals surface area (Å²) in [5, 5.41) is 21.2. The van der Waals surface area contributed by atoms with Gasteiger partial charge in [0.15, 0.2) is 0 Å². The van der Waals surface area contributed by atoms with Gasteiger partial charge in [0.2, 0.25) is 5.91 Å². The largest absolute Gasteiger partial charge is 0.324 e. The smallest absolute Gasteiger partial charge is 0.321 e. The molecule has 2 aliphatic rings. The van der Waals surface area contributed by atoms with Crippen LogP contribution in [0, 0.1) is 28.1 Å². The van der Waals surface area contributed by atoms with Crippen LogP contribution < -0.4 is 10.2 Å². The molecule has 1 unspecified atom stereocenters. The third kappa shape index (κ3) is 3.85. The molecule has 35 heavy (non-hydrogen) atoms. The summed E-state index contributed by atoms with van der Waals surface area (Å²) in [6, 6.07) is 23.1. The van der Waals surface area contributed by atoms with Gasteiger partial charge < -0.3 is 15.1 Å². The number of pyridine rings is 1. The third-order valence-corrected chi connectivity index (χ3v) is 6.83. The summed E-state index contributed by atoms with van der Waals surface area (Å²) in [4.78, 5) is 34.5. The molecule has 2 aromatic carbocycles. The van der Waals surface area contributed by atoms with Crippen LogP contribution in [0.3, 0.4) is 0 Å². The molecule has 2 fully saturated rings. The molecule has 1 spiro atoms. The van der Waals surface area contributed by atoms with Crippen molar-refractivity contribution in [2.24, 2.45) is 5.41 Å². The van der Waals surface area contributed by atoms with Crippen molar-refractivity contribution >= 4 is 23.3 Å². The summed E-state index contributed by atoms with van der Waals surface area (Å²) in [5.41, 5.74) is 2.33. The molecule has 1 aromatic heterocycles. The van der Waals surface area contributed by atoms with E-state index in [2.05, 4.69) is 22.4 Å². The van der Waals surface area contributed by atoms with Gasteiger partial charge >= 0.3 is 6.03 Å². The summed E-state index contributed by atoms with van der Waals surface area (Å²) in [6.07, 6.45) is 2.73. The highest BCUT2D eigenvalue weighted by molar-refractivity contribution is 6.06. The maximum atomic E-state index is 13.6. The lowest BCUT2D eigenvalue weighted by Crippen LogP contribution is -2.67. The number of aromatic nitrogens is 1. The van der Waals surface area contributed by atoms with Gasteiger partial charge in [0.05, 0.1) is 40.4 Å². The van der Waals surface area contributed by atoms with E-state index in [0.717, 1.165) is 5.69 Å². The topological polar surface area (TPSA) is 113 Å². The lowest BCUT2D eigenvalue weighted by Gasteiger charge is -2.58. The average molecular weight is 463 g/mol. The zero-order valence-electron chi connectivity index (χ0n) is 18.9. The van der Waals surface area contributed by atoms with Crippen molar-refractivity contribution in [2.45, 2.75) is 18.9 Å². The quantitative estimate of drug-likeness (QED) is 0.585. The monoisotopic (exact) mass is 462 g/mol. The van der Waals surface area contributed by atoms with Gasteiger partial charge in [-0.2, -0.15) is 10.5 Å². The van der Waals surface area contributed by atoms with Gasteiger partial charge in [-0.05, 0) is 61.4 Å². The third-order valence-electron chi connectivity index (χ3n) is 6.83. The van der Waals surface area contributed by atoms with Gasteiger partial charge in [-0.15, -0.1) is 0 Å². The molecular weight excluding hydrogens is 440 g/mol. The van der Waals surface area contributed by atoms with E-state index in [4.69, 9.17) is 5.26 Å². The van der Waals surface area contributed by atoms with Gasteiger partial charge in [0, 0.05) is 30.7 Å². The molecule has 8 heteroatoms. The summed E-state index contributed by atoms with van der Waals surface area (Å²) in [7, 11) is 0. The number of rotatable bonds is 3. The number of amides is 3. The Morgan fingerprint density at radius 2 is 1.69 bits per heavy atom. The number of nitriles is 2. The summed E-state index contributed by atoms with van der Waals surface area (Å²) >= 11 is 0. The van der Waals surface area contributed by atoms with E-state index in [9.17, 15) is 14.9 Å². The molecule has 5 rings (SSSR count). The van der Waals surface area contributed by atoms with Crippen molar-refractivity contribution in [3.05, 3.63) is 89.7 Å². The highest BCUT2D eigenvalue weighted by Crippen LogP contribution is 2.57. The van der Waals surface area contributed by atoms with E-state index in [1.807, 2.05) is 24.3 Å². The Kier molecular flexibility index (Phi) is 5.64. The Hall–Kier alpha value is -4.69. The maximum Gasteiger partial charge on any atom is 0.321 e. The van der Waals surface area contributed by atoms with E-state index >= 15 is 0 Å². The first-order chi connectivity index (χ1) is 17.1. The van der Waals surface area contributed by atoms with Gasteiger partial charge in [-0.1, -0.05) is 18.2 Å². The minimum atomic E-state index is -0.658. The van der Waals surface area contributed by atoms with Crippen molar-refractivity contribution in [1.82, 2.24) is 9.88 Å². The number of nitrogens with zero attached hydrogens (tertiary/aromatic N) is 5. The first-order valence-electron chi connectivity index (χ1n) is 11.4. The Labute approximate surface area is 203 Å². The molecule has 1 N–H and O–H groups in total. The lowest BCUT2D eigenvalue weighted by atomic mass is 9.63. The number of benzene rings is 2. The number of hydrogen-bond donors (Lipinski definition) is 1. The first-order valence-corrected chi connectivity index (χ1v) is 11.4. The number of hydrogen-bond acceptors (Lipinski definition) is 5. The van der Waals surface area contributed by atoms with Crippen molar-refractivity contribution in [1.29, 1.82) is 10.5 Å². The minimum Gasteiger partial charge on any atom is -0.324 e. The number of carbonyl (C=O) groups excluding carboxylic acids is 2. The van der Waals surface area contributed by atoms with E-state index in [1.165, 1.54) is 0 Å². The highest BCUT2D eigenvalue weighted by atomic mass is 16.2. The fraction of sp³-hybridized carbons (Fsp3) is 0.222. The number of β-lactam (4-membered cyclic amide) rings is 1. The first kappa shape index (κ1) is 22.1. The van der Waals surface area contributed by atoms with Crippen LogP contribution in [-0.2, 0) is 4.79 Å². The number of urea groups is 1. The van der Waals surface area contributed by atoms with Crippen molar-refractivity contribution in [3.8, 4) is 12.1 Å². The van der Waals surface area contributed by atoms with E-state index in [-0.39, 0.29) is 18.0 Å². The standard InChI is InChI=1S/C27H22N6O2/c28-17-19-5-3-7-21(15-19)31-26(35)32-13-10-27(11-14-32)24(23-9-1-2-12-30-23)33(25(27)34)22-8-4-6-20(16-22)18-29/h1-9,12,15-16,24H,10-11,13-14H2,(H,31,35). The molecular formula is C27H22N6O2. The molecule has 2 aliphatic heterocycles. The molecule has 8 nitrogen and oxygen atoms in total. The predicted molar refractivity (Wildman–Crippen MR) is 129 cm³/mol. The van der Waals surface area contributed by atoms with Crippen LogP contribution in [0.2, 0.25) is 0 Å². The van der Waals surface area contributed by atoms with Crippen LogP contribution in [0.25, 0.3) is 0 Å². The number of piperidine rings is 1. The molecule has 172 valence electrons. The Morgan fingerprint density at radius 1 is 0.971 bits per heavy atom. The van der Waals surface area contributed by atoms with Gasteiger partial charge in [-0.25, -0.2) is 4.79 Å². The van der Waals surface area contributed by atoms with Gasteiger partial charge in [-0.3, -0.25) is 9.78 Å². The van der Waals surface area contributed by atoms with Crippen LogP contribution in [0.5, 0.6) is 0 Å². The lowest BCUT2D eigenvalue weighted by molar-refractivity contribution is -0.144. The maximum absolute atomic E-state index is 13.6. The molecule has 3 amide bonds. The Morgan fingerprint density at radius 3 is 2.37 bits per heavy atom. The summed E-state index contributed by atoms with van der Waals surface area (Å²) < 4.78 is 0. The number of likely N-dealkylation sites (tertiary alicyclic amines) is 1. The predicted octanol–water partition coefficient (Wildman–Crippen LogP) is 4.23. The van der Waals surface area contributed by atoms with E-state index < -0.39 is 5.41 Å². The molecule has 0 saturated carbocycles. The molecule has 1 atom stereocenters. The van der Waals surface area contributed by atoms with Crippen molar-refractivity contribution in [3.63, 3.8) is 0 Å². The summed E-state index contributed by atoms with van der Waals surface area (Å²) in [6.45, 7) is 0.843. The Balaban J connectivity index is 1.37. The van der Waals surface area contributed by atoms with E-state index in [1.54, 1.807) is 58.5 Å². The number of nitrogens with one attached hydrogen (secondary N) is 1. The normalized spacial score (nSPS) is 18.3. The van der Waals surface area contributed by atoms with E-state index in [0.29, 0.717) is 48.4 Å². The van der Waals surface area contributed by atoms with Crippen LogP contribution >= 0.6 is 0 Å². The second-order valence-electron chi connectivity index (χ2n) is 8.76. The van der Waals surface area contributed by atoms with Crippen molar-refractivity contribution < 1.29 is 9.59 Å². The van der Waals surface area contributed by atoms with Crippen LogP contribution in [0.1, 0.15) is 35.7 Å². The van der Waals surface area contributed by atoms with Crippen LogP contribution in [0.4, 0.5) is 16.2 Å². The molecule has 2 saturated heterocycles. The SMILES string of the molecule is N#Cc1cccc(NC(=O)N2CCC3(CC2)C(=O)N(c2cccc(C#N)c2)C3c2ccccn2)c1. The average Bonchev–Trinajstić information content (AvgIpc) is 2.92. The van der Waals surface area contributed by atoms with Gasteiger partial charge in [0.1, 0.15) is 0 Å². The minimum absolute atomic E-state index is 0.00924. The Bertz CT molecular complexity index is 1370. The second-order valence-corrected chi connectivity index (χ2v) is 8.76. The molecule has 0 aliphatic carbocycles. The zero-order chi connectivity index (χ0) is 24.4. The molecule has 3 heterocycles. The highest BCUT2D eigenvalue weighted by Gasteiger charge is 2.62. The fourth-order valence-corrected chi connectivity index (χ4v) is 5.06. The second kappa shape index (κ2) is 8.92. The van der Waals surface area contributed by atoms with Crippen molar-refractivity contribution in [2.75, 3.05) is 23.3 Å². The summed E-state index contributed by atoms with van der Waals surface area (Å²) in [5.74, 6) is -0.00924.